The highest BCUT2D eigenvalue weighted by atomic mass is 16.4. The minimum atomic E-state index is -0.960. The summed E-state index contributed by atoms with van der Waals surface area (Å²) in [6, 6.07) is 15.9. The summed E-state index contributed by atoms with van der Waals surface area (Å²) < 4.78 is 1.79. The quantitative estimate of drug-likeness (QED) is 0.588. The van der Waals surface area contributed by atoms with Crippen molar-refractivity contribution in [3.63, 3.8) is 0 Å². The van der Waals surface area contributed by atoms with Crippen molar-refractivity contribution >= 4 is 27.6 Å². The number of nitrogens with zero attached hydrogens (tertiary/aromatic N) is 2. The third-order valence-corrected chi connectivity index (χ3v) is 4.20. The van der Waals surface area contributed by atoms with E-state index in [9.17, 15) is 9.90 Å². The molecule has 3 aromatic carbocycles. The van der Waals surface area contributed by atoms with Crippen LogP contribution >= 0.6 is 0 Å². The maximum Gasteiger partial charge on any atom is 0.335 e. The Morgan fingerprint density at radius 2 is 1.67 bits per heavy atom. The fourth-order valence-electron chi connectivity index (χ4n) is 3.03. The van der Waals surface area contributed by atoms with Crippen LogP contribution in [-0.4, -0.2) is 26.0 Å². The fourth-order valence-corrected chi connectivity index (χ4v) is 3.03. The van der Waals surface area contributed by atoms with E-state index in [4.69, 9.17) is 5.11 Å². The van der Waals surface area contributed by atoms with Crippen molar-refractivity contribution in [3.05, 3.63) is 65.9 Å². The predicted molar refractivity (Wildman–Crippen MR) is 91.9 cm³/mol. The number of phenols is 1. The molecule has 0 saturated carbocycles. The smallest absolute Gasteiger partial charge is 0.335 e. The van der Waals surface area contributed by atoms with Gasteiger partial charge in [-0.1, -0.05) is 24.3 Å². The first-order valence-electron chi connectivity index (χ1n) is 7.50. The lowest BCUT2D eigenvalue weighted by Gasteiger charge is -2.08. The first-order chi connectivity index (χ1) is 11.6. The summed E-state index contributed by atoms with van der Waals surface area (Å²) in [6.45, 7) is 1.89. The zero-order valence-electron chi connectivity index (χ0n) is 12.9. The number of hydrogen-bond acceptors (Lipinski definition) is 3. The van der Waals surface area contributed by atoms with Crippen molar-refractivity contribution in [1.82, 2.24) is 9.78 Å². The van der Waals surface area contributed by atoms with E-state index in [1.54, 1.807) is 35.0 Å². The summed E-state index contributed by atoms with van der Waals surface area (Å²) in [7, 11) is 0. The molecule has 0 aliphatic rings. The molecule has 0 atom stereocenters. The Hall–Kier alpha value is -3.34. The average molecular weight is 318 g/mol. The molecule has 0 radical (unpaired) electrons. The second-order valence-corrected chi connectivity index (χ2v) is 5.69. The number of aromatic carboxylic acids is 1. The molecule has 118 valence electrons. The molecule has 1 heterocycles. The summed E-state index contributed by atoms with van der Waals surface area (Å²) in [5, 5.41) is 26.4. The summed E-state index contributed by atoms with van der Waals surface area (Å²) >= 11 is 0. The van der Waals surface area contributed by atoms with Crippen molar-refractivity contribution in [1.29, 1.82) is 0 Å². The van der Waals surface area contributed by atoms with Crippen molar-refractivity contribution in [2.75, 3.05) is 0 Å². The normalized spacial score (nSPS) is 11.2. The number of benzene rings is 3. The van der Waals surface area contributed by atoms with Gasteiger partial charge in [0.2, 0.25) is 0 Å². The molecular formula is C19H14N2O3. The number of phenolic OH excluding ortho intramolecular Hbond substituents is 1. The van der Waals surface area contributed by atoms with Crippen LogP contribution in [0.3, 0.4) is 0 Å². The number of hydrogen-bond donors (Lipinski definition) is 2. The maximum atomic E-state index is 11.0. The van der Waals surface area contributed by atoms with Crippen LogP contribution in [0.5, 0.6) is 5.75 Å². The van der Waals surface area contributed by atoms with Gasteiger partial charge in [0.05, 0.1) is 22.5 Å². The number of rotatable bonds is 2. The fraction of sp³-hybridized carbons (Fsp3) is 0.0526. The van der Waals surface area contributed by atoms with Gasteiger partial charge in [0.25, 0.3) is 0 Å². The predicted octanol–water partition coefficient (Wildman–Crippen LogP) is 3.89. The van der Waals surface area contributed by atoms with Gasteiger partial charge in [-0.15, -0.1) is 0 Å². The average Bonchev–Trinajstić information content (AvgIpc) is 2.92. The maximum absolute atomic E-state index is 11.0. The highest BCUT2D eigenvalue weighted by molar-refractivity contribution is 6.09. The first kappa shape index (κ1) is 14.3. The second kappa shape index (κ2) is 5.09. The van der Waals surface area contributed by atoms with Crippen LogP contribution in [0, 0.1) is 6.92 Å². The molecule has 0 aliphatic heterocycles. The van der Waals surface area contributed by atoms with Gasteiger partial charge in [0.15, 0.2) is 0 Å². The Morgan fingerprint density at radius 3 is 2.33 bits per heavy atom. The Bertz CT molecular complexity index is 1100. The van der Waals surface area contributed by atoms with Gasteiger partial charge in [0, 0.05) is 16.2 Å². The highest BCUT2D eigenvalue weighted by Crippen LogP contribution is 2.35. The third kappa shape index (κ3) is 2.02. The molecule has 0 aliphatic carbocycles. The lowest BCUT2D eigenvalue weighted by atomic mass is 10.0. The van der Waals surface area contributed by atoms with E-state index in [0.717, 1.165) is 33.1 Å². The number of carboxylic acids is 1. The molecule has 0 fully saturated rings. The van der Waals surface area contributed by atoms with E-state index in [-0.39, 0.29) is 11.3 Å². The number of carbonyl (C=O) groups is 1. The van der Waals surface area contributed by atoms with Crippen LogP contribution in [0.15, 0.2) is 54.6 Å². The Balaban J connectivity index is 2.06. The van der Waals surface area contributed by atoms with E-state index in [0.29, 0.717) is 0 Å². The number of aromatic nitrogens is 2. The topological polar surface area (TPSA) is 75.4 Å². The lowest BCUT2D eigenvalue weighted by molar-refractivity contribution is 0.0697. The monoisotopic (exact) mass is 318 g/mol. The van der Waals surface area contributed by atoms with Gasteiger partial charge >= 0.3 is 5.97 Å². The van der Waals surface area contributed by atoms with Crippen molar-refractivity contribution in [2.45, 2.75) is 6.92 Å². The molecule has 0 unspecified atom stereocenters. The van der Waals surface area contributed by atoms with E-state index in [1.807, 2.05) is 31.2 Å². The summed E-state index contributed by atoms with van der Waals surface area (Å²) in [6.07, 6.45) is 0. The summed E-state index contributed by atoms with van der Waals surface area (Å²) in [4.78, 5) is 11.0. The SMILES string of the molecule is Cc1nn(-c2ccc(C(=O)O)cc2)c2c1cc(O)c1ccccc12. The van der Waals surface area contributed by atoms with Crippen molar-refractivity contribution < 1.29 is 15.0 Å². The molecule has 0 bridgehead atoms. The van der Waals surface area contributed by atoms with Gasteiger partial charge < -0.3 is 10.2 Å². The van der Waals surface area contributed by atoms with Crippen LogP contribution in [-0.2, 0) is 0 Å². The molecule has 0 spiro atoms. The molecule has 4 rings (SSSR count). The third-order valence-electron chi connectivity index (χ3n) is 4.20. The Labute approximate surface area is 137 Å². The number of fused-ring (bicyclic) bond motifs is 3. The first-order valence-corrected chi connectivity index (χ1v) is 7.50. The van der Waals surface area contributed by atoms with Crippen LogP contribution in [0.2, 0.25) is 0 Å². The van der Waals surface area contributed by atoms with Crippen molar-refractivity contribution in [2.24, 2.45) is 0 Å². The van der Waals surface area contributed by atoms with Crippen LogP contribution in [0.1, 0.15) is 16.1 Å². The molecule has 5 heteroatoms. The van der Waals surface area contributed by atoms with Crippen molar-refractivity contribution in [3.8, 4) is 11.4 Å². The largest absolute Gasteiger partial charge is 0.507 e. The van der Waals surface area contributed by atoms with E-state index >= 15 is 0 Å². The summed E-state index contributed by atoms with van der Waals surface area (Å²) in [5.74, 6) is -0.736. The van der Waals surface area contributed by atoms with Gasteiger partial charge in [0.1, 0.15) is 5.75 Å². The summed E-state index contributed by atoms with van der Waals surface area (Å²) in [5.41, 5.74) is 2.70. The van der Waals surface area contributed by atoms with Gasteiger partial charge in [-0.2, -0.15) is 5.10 Å². The van der Waals surface area contributed by atoms with Gasteiger partial charge in [-0.3, -0.25) is 0 Å². The van der Waals surface area contributed by atoms with Crippen LogP contribution in [0.4, 0.5) is 0 Å². The van der Waals surface area contributed by atoms with E-state index < -0.39 is 5.97 Å². The molecule has 0 saturated heterocycles. The number of carboxylic acid groups (broad SMARTS) is 1. The molecule has 1 aromatic heterocycles. The van der Waals surface area contributed by atoms with Crippen LogP contribution in [0.25, 0.3) is 27.4 Å². The molecular weight excluding hydrogens is 304 g/mol. The second-order valence-electron chi connectivity index (χ2n) is 5.69. The van der Waals surface area contributed by atoms with Gasteiger partial charge in [-0.25, -0.2) is 9.48 Å². The molecule has 5 nitrogen and oxygen atoms in total. The number of aromatic hydroxyl groups is 1. The van der Waals surface area contributed by atoms with Gasteiger partial charge in [-0.05, 0) is 37.3 Å². The number of aryl methyl sites for hydroxylation is 1. The standard InChI is InChI=1S/C19H14N2O3/c1-11-16-10-17(22)14-4-2-3-5-15(14)18(16)21(20-11)13-8-6-12(7-9-13)19(23)24/h2-10,22H,1H3,(H,23,24). The highest BCUT2D eigenvalue weighted by Gasteiger charge is 2.15. The molecule has 2 N–H and O–H groups in total. The lowest BCUT2D eigenvalue weighted by Crippen LogP contribution is -2.00. The molecule has 4 aromatic rings. The minimum Gasteiger partial charge on any atom is -0.507 e. The zero-order chi connectivity index (χ0) is 16.8. The van der Waals surface area contributed by atoms with Crippen LogP contribution < -0.4 is 0 Å². The van der Waals surface area contributed by atoms with E-state index in [2.05, 4.69) is 5.10 Å². The van der Waals surface area contributed by atoms with E-state index in [1.165, 1.54) is 0 Å². The zero-order valence-corrected chi connectivity index (χ0v) is 12.9. The molecule has 24 heavy (non-hydrogen) atoms. The Morgan fingerprint density at radius 1 is 1.00 bits per heavy atom. The molecule has 0 amide bonds. The Kier molecular flexibility index (Phi) is 3.03. The minimum absolute atomic E-state index is 0.224.